The number of halogens is 1. The number of nitrogens with zero attached hydrogens (tertiary/aromatic N) is 1. The average Bonchev–Trinajstić information content (AvgIpc) is 2.51. The Kier molecular flexibility index (Phi) is 2.59. The van der Waals surface area contributed by atoms with Gasteiger partial charge in [-0.2, -0.15) is 0 Å². The lowest BCUT2D eigenvalue weighted by molar-refractivity contribution is -0.119. The van der Waals surface area contributed by atoms with Crippen molar-refractivity contribution >= 4 is 28.5 Å². The molecular weight excluding hydrogens is 230 g/mol. The standard InChI is InChI=1S/C11H10ClNO3/c1-6(7(2)14)13-9-4-3-8(12)5-10(9)16-11(13)15/h3-6H,1-2H3. The quantitative estimate of drug-likeness (QED) is 0.809. The third-order valence-electron chi connectivity index (χ3n) is 2.55. The lowest BCUT2D eigenvalue weighted by Crippen LogP contribution is -2.23. The van der Waals surface area contributed by atoms with Gasteiger partial charge < -0.3 is 4.42 Å². The van der Waals surface area contributed by atoms with Crippen LogP contribution >= 0.6 is 11.6 Å². The summed E-state index contributed by atoms with van der Waals surface area (Å²) in [6, 6.07) is 4.35. The smallest absolute Gasteiger partial charge is 0.408 e. The minimum atomic E-state index is -0.542. The van der Waals surface area contributed by atoms with Crippen LogP contribution in [-0.2, 0) is 4.79 Å². The van der Waals surface area contributed by atoms with Crippen molar-refractivity contribution in [1.29, 1.82) is 0 Å². The molecule has 84 valence electrons. The van der Waals surface area contributed by atoms with E-state index in [-0.39, 0.29) is 5.78 Å². The van der Waals surface area contributed by atoms with Crippen LogP contribution in [0.15, 0.2) is 27.4 Å². The predicted octanol–water partition coefficient (Wildman–Crippen LogP) is 2.40. The molecule has 2 aromatic rings. The first-order valence-corrected chi connectivity index (χ1v) is 5.19. The van der Waals surface area contributed by atoms with Crippen LogP contribution in [-0.4, -0.2) is 10.4 Å². The molecule has 4 nitrogen and oxygen atoms in total. The van der Waals surface area contributed by atoms with Gasteiger partial charge in [-0.15, -0.1) is 0 Å². The van der Waals surface area contributed by atoms with Crippen molar-refractivity contribution in [3.8, 4) is 0 Å². The normalized spacial score (nSPS) is 12.9. The third kappa shape index (κ3) is 1.65. The number of hydrogen-bond donors (Lipinski definition) is 0. The summed E-state index contributed by atoms with van der Waals surface area (Å²) in [4.78, 5) is 22.9. The lowest BCUT2D eigenvalue weighted by Gasteiger charge is -2.07. The van der Waals surface area contributed by atoms with Gasteiger partial charge in [-0.3, -0.25) is 9.36 Å². The molecular formula is C11H10ClNO3. The number of rotatable bonds is 2. The molecule has 0 N–H and O–H groups in total. The highest BCUT2D eigenvalue weighted by Gasteiger charge is 2.18. The summed E-state index contributed by atoms with van der Waals surface area (Å²) in [5, 5.41) is 0.490. The molecule has 1 atom stereocenters. The number of carbonyl (C=O) groups is 1. The van der Waals surface area contributed by atoms with Crippen molar-refractivity contribution in [3.05, 3.63) is 33.8 Å². The molecule has 0 radical (unpaired) electrons. The van der Waals surface area contributed by atoms with E-state index < -0.39 is 11.8 Å². The summed E-state index contributed by atoms with van der Waals surface area (Å²) in [6.45, 7) is 3.10. The van der Waals surface area contributed by atoms with Gasteiger partial charge in [0.2, 0.25) is 0 Å². The first-order valence-electron chi connectivity index (χ1n) is 4.81. The Morgan fingerprint density at radius 2 is 2.19 bits per heavy atom. The summed E-state index contributed by atoms with van der Waals surface area (Å²) in [6.07, 6.45) is 0. The van der Waals surface area contributed by atoms with Crippen LogP contribution in [0.4, 0.5) is 0 Å². The highest BCUT2D eigenvalue weighted by atomic mass is 35.5. The summed E-state index contributed by atoms with van der Waals surface area (Å²) in [5.74, 6) is -0.639. The van der Waals surface area contributed by atoms with Crippen molar-refractivity contribution in [3.63, 3.8) is 0 Å². The van der Waals surface area contributed by atoms with Gasteiger partial charge in [0.25, 0.3) is 0 Å². The average molecular weight is 240 g/mol. The fourth-order valence-corrected chi connectivity index (χ4v) is 1.72. The molecule has 0 amide bonds. The van der Waals surface area contributed by atoms with E-state index in [1.54, 1.807) is 25.1 Å². The highest BCUT2D eigenvalue weighted by molar-refractivity contribution is 6.31. The molecule has 5 heteroatoms. The second-order valence-electron chi connectivity index (χ2n) is 3.64. The fourth-order valence-electron chi connectivity index (χ4n) is 1.56. The minimum Gasteiger partial charge on any atom is -0.408 e. The van der Waals surface area contributed by atoms with Gasteiger partial charge in [0.15, 0.2) is 11.4 Å². The van der Waals surface area contributed by atoms with Crippen LogP contribution < -0.4 is 5.76 Å². The molecule has 0 fully saturated rings. The number of benzene rings is 1. The van der Waals surface area contributed by atoms with E-state index in [0.29, 0.717) is 16.1 Å². The number of oxazole rings is 1. The Morgan fingerprint density at radius 1 is 1.50 bits per heavy atom. The van der Waals surface area contributed by atoms with Gasteiger partial charge in [0, 0.05) is 11.1 Å². The number of Topliss-reactive ketones (excluding diaryl/α,β-unsaturated/α-hetero) is 1. The maximum absolute atomic E-state index is 11.6. The molecule has 0 saturated heterocycles. The van der Waals surface area contributed by atoms with Crippen LogP contribution in [0.2, 0.25) is 5.02 Å². The van der Waals surface area contributed by atoms with E-state index >= 15 is 0 Å². The molecule has 0 saturated carbocycles. The van der Waals surface area contributed by atoms with Gasteiger partial charge in [0.1, 0.15) is 0 Å². The van der Waals surface area contributed by atoms with Crippen molar-refractivity contribution < 1.29 is 9.21 Å². The number of ketones is 1. The number of aromatic nitrogens is 1. The number of fused-ring (bicyclic) bond motifs is 1. The van der Waals surface area contributed by atoms with Crippen LogP contribution in [0.25, 0.3) is 11.1 Å². The van der Waals surface area contributed by atoms with Crippen molar-refractivity contribution in [2.75, 3.05) is 0 Å². The first kappa shape index (κ1) is 11.0. The Labute approximate surface area is 96.4 Å². The van der Waals surface area contributed by atoms with Crippen LogP contribution in [0.5, 0.6) is 0 Å². The molecule has 1 heterocycles. The second kappa shape index (κ2) is 3.79. The molecule has 0 spiro atoms. The second-order valence-corrected chi connectivity index (χ2v) is 4.07. The monoisotopic (exact) mass is 239 g/mol. The Bertz CT molecular complexity index is 611. The Balaban J connectivity index is 2.74. The van der Waals surface area contributed by atoms with E-state index in [1.165, 1.54) is 11.5 Å². The number of hydrogen-bond acceptors (Lipinski definition) is 3. The minimum absolute atomic E-state index is 0.0975. The summed E-state index contributed by atoms with van der Waals surface area (Å²) >= 11 is 5.78. The molecule has 0 aliphatic heterocycles. The largest absolute Gasteiger partial charge is 0.420 e. The molecule has 2 rings (SSSR count). The van der Waals surface area contributed by atoms with Crippen LogP contribution in [0.1, 0.15) is 19.9 Å². The molecule has 1 aromatic heterocycles. The lowest BCUT2D eigenvalue weighted by atomic mass is 10.2. The van der Waals surface area contributed by atoms with Gasteiger partial charge in [0.05, 0.1) is 11.6 Å². The van der Waals surface area contributed by atoms with Crippen LogP contribution in [0.3, 0.4) is 0 Å². The fraction of sp³-hybridized carbons (Fsp3) is 0.273. The SMILES string of the molecule is CC(=O)C(C)n1c(=O)oc2cc(Cl)ccc21. The molecule has 1 unspecified atom stereocenters. The number of carbonyl (C=O) groups excluding carboxylic acids is 1. The summed E-state index contributed by atoms with van der Waals surface area (Å²) in [7, 11) is 0. The maximum Gasteiger partial charge on any atom is 0.420 e. The zero-order valence-electron chi connectivity index (χ0n) is 8.86. The maximum atomic E-state index is 11.6. The van der Waals surface area contributed by atoms with E-state index in [2.05, 4.69) is 0 Å². The van der Waals surface area contributed by atoms with E-state index in [4.69, 9.17) is 16.0 Å². The highest BCUT2D eigenvalue weighted by Crippen LogP contribution is 2.21. The zero-order chi connectivity index (χ0) is 11.9. The van der Waals surface area contributed by atoms with Gasteiger partial charge >= 0.3 is 5.76 Å². The summed E-state index contributed by atoms with van der Waals surface area (Å²) in [5.41, 5.74) is 0.975. The van der Waals surface area contributed by atoms with Crippen molar-refractivity contribution in [2.24, 2.45) is 0 Å². The predicted molar refractivity (Wildman–Crippen MR) is 60.9 cm³/mol. The Morgan fingerprint density at radius 3 is 2.81 bits per heavy atom. The molecule has 0 aliphatic carbocycles. The van der Waals surface area contributed by atoms with Crippen molar-refractivity contribution in [2.45, 2.75) is 19.9 Å². The van der Waals surface area contributed by atoms with Crippen LogP contribution in [0, 0.1) is 0 Å². The van der Waals surface area contributed by atoms with Gasteiger partial charge in [-0.1, -0.05) is 11.6 Å². The van der Waals surface area contributed by atoms with E-state index in [0.717, 1.165) is 0 Å². The molecule has 0 bridgehead atoms. The molecule has 16 heavy (non-hydrogen) atoms. The molecule has 0 aliphatic rings. The van der Waals surface area contributed by atoms with E-state index in [9.17, 15) is 9.59 Å². The Hall–Kier alpha value is -1.55. The van der Waals surface area contributed by atoms with Gasteiger partial charge in [-0.05, 0) is 26.0 Å². The topological polar surface area (TPSA) is 52.2 Å². The molecule has 1 aromatic carbocycles. The van der Waals surface area contributed by atoms with Crippen molar-refractivity contribution in [1.82, 2.24) is 4.57 Å². The van der Waals surface area contributed by atoms with E-state index in [1.807, 2.05) is 0 Å². The van der Waals surface area contributed by atoms with Gasteiger partial charge in [-0.25, -0.2) is 4.79 Å². The zero-order valence-corrected chi connectivity index (χ0v) is 9.62. The summed E-state index contributed by atoms with van der Waals surface area (Å²) < 4.78 is 6.35. The first-order chi connectivity index (χ1) is 7.50. The third-order valence-corrected chi connectivity index (χ3v) is 2.79.